The molecule has 0 aromatic rings. The van der Waals surface area contributed by atoms with Crippen LogP contribution in [0.4, 0.5) is 0 Å². The van der Waals surface area contributed by atoms with Gasteiger partial charge in [-0.25, -0.2) is 0 Å². The van der Waals surface area contributed by atoms with Crippen molar-refractivity contribution in [2.24, 2.45) is 0 Å². The number of nitriles is 1. The summed E-state index contributed by atoms with van der Waals surface area (Å²) < 4.78 is 0. The van der Waals surface area contributed by atoms with E-state index in [4.69, 9.17) is 5.26 Å². The van der Waals surface area contributed by atoms with Gasteiger partial charge in [-0.15, -0.1) is 0 Å². The quantitative estimate of drug-likeness (QED) is 0.567. The SMILES string of the molecule is CC(=O)CC(C)=O.CCC#N. The van der Waals surface area contributed by atoms with Crippen molar-refractivity contribution in [1.82, 2.24) is 0 Å². The number of Topliss-reactive ketones (excluding diaryl/α,β-unsaturated/α-hetero) is 2. The van der Waals surface area contributed by atoms with E-state index < -0.39 is 0 Å². The first-order valence-electron chi connectivity index (χ1n) is 3.40. The lowest BCUT2D eigenvalue weighted by molar-refractivity contribution is -0.124. The van der Waals surface area contributed by atoms with E-state index in [0.717, 1.165) is 0 Å². The Morgan fingerprint density at radius 2 is 1.55 bits per heavy atom. The van der Waals surface area contributed by atoms with Crippen molar-refractivity contribution < 1.29 is 9.59 Å². The van der Waals surface area contributed by atoms with Gasteiger partial charge in [0.1, 0.15) is 11.6 Å². The van der Waals surface area contributed by atoms with Crippen LogP contribution >= 0.6 is 0 Å². The predicted molar refractivity (Wildman–Crippen MR) is 41.9 cm³/mol. The van der Waals surface area contributed by atoms with Crippen molar-refractivity contribution in [1.29, 1.82) is 5.26 Å². The highest BCUT2D eigenvalue weighted by Gasteiger charge is 1.94. The van der Waals surface area contributed by atoms with E-state index in [9.17, 15) is 9.59 Å². The van der Waals surface area contributed by atoms with Crippen LogP contribution in [0.25, 0.3) is 0 Å². The zero-order valence-electron chi connectivity index (χ0n) is 7.18. The second kappa shape index (κ2) is 8.83. The number of hydrogen-bond acceptors (Lipinski definition) is 3. The third-order valence-electron chi connectivity index (χ3n) is 0.656. The largest absolute Gasteiger partial charge is 0.300 e. The summed E-state index contributed by atoms with van der Waals surface area (Å²) >= 11 is 0. The van der Waals surface area contributed by atoms with Crippen LogP contribution in [-0.4, -0.2) is 11.6 Å². The zero-order valence-corrected chi connectivity index (χ0v) is 7.18. The summed E-state index contributed by atoms with van der Waals surface area (Å²) in [5.41, 5.74) is 0. The van der Waals surface area contributed by atoms with E-state index in [2.05, 4.69) is 0 Å². The second-order valence-corrected chi connectivity index (χ2v) is 2.09. The van der Waals surface area contributed by atoms with Crippen LogP contribution in [0.3, 0.4) is 0 Å². The van der Waals surface area contributed by atoms with Crippen molar-refractivity contribution in [3.05, 3.63) is 0 Å². The van der Waals surface area contributed by atoms with E-state index in [1.54, 1.807) is 0 Å². The van der Waals surface area contributed by atoms with E-state index in [1.165, 1.54) is 13.8 Å². The number of rotatable bonds is 2. The van der Waals surface area contributed by atoms with Crippen LogP contribution in [0.2, 0.25) is 0 Å². The fourth-order valence-electron chi connectivity index (χ4n) is 0.351. The molecule has 0 atom stereocenters. The smallest absolute Gasteiger partial charge is 0.137 e. The Morgan fingerprint density at radius 3 is 1.55 bits per heavy atom. The van der Waals surface area contributed by atoms with Gasteiger partial charge < -0.3 is 0 Å². The Kier molecular flexibility index (Phi) is 10.0. The molecule has 0 saturated carbocycles. The van der Waals surface area contributed by atoms with Crippen molar-refractivity contribution >= 4 is 11.6 Å². The number of hydrogen-bond donors (Lipinski definition) is 0. The van der Waals surface area contributed by atoms with Gasteiger partial charge in [-0.1, -0.05) is 6.92 Å². The first kappa shape index (κ1) is 12.5. The number of carbonyl (C=O) groups is 2. The Balaban J connectivity index is 0. The molecule has 62 valence electrons. The first-order chi connectivity index (χ1) is 5.04. The monoisotopic (exact) mass is 155 g/mol. The Morgan fingerprint density at radius 1 is 1.27 bits per heavy atom. The molecule has 0 heterocycles. The number of nitrogens with zero attached hydrogens (tertiary/aromatic N) is 1. The molecular weight excluding hydrogens is 142 g/mol. The molecule has 3 nitrogen and oxygen atoms in total. The molecule has 0 aliphatic heterocycles. The molecule has 0 rings (SSSR count). The predicted octanol–water partition coefficient (Wildman–Crippen LogP) is 1.47. The lowest BCUT2D eigenvalue weighted by Crippen LogP contribution is -1.97. The lowest BCUT2D eigenvalue weighted by Gasteiger charge is -1.81. The number of carbonyl (C=O) groups excluding carboxylic acids is 2. The van der Waals surface area contributed by atoms with Crippen LogP contribution in [0.15, 0.2) is 0 Å². The fraction of sp³-hybridized carbons (Fsp3) is 0.625. The summed E-state index contributed by atoms with van der Waals surface area (Å²) in [5, 5.41) is 7.62. The van der Waals surface area contributed by atoms with Gasteiger partial charge in [-0.05, 0) is 13.8 Å². The first-order valence-corrected chi connectivity index (χ1v) is 3.40. The summed E-state index contributed by atoms with van der Waals surface area (Å²) in [4.78, 5) is 20.1. The maximum absolute atomic E-state index is 10.0. The summed E-state index contributed by atoms with van der Waals surface area (Å²) in [6.45, 7) is 4.63. The highest BCUT2D eigenvalue weighted by Crippen LogP contribution is 1.80. The second-order valence-electron chi connectivity index (χ2n) is 2.09. The fourth-order valence-corrected chi connectivity index (χ4v) is 0.351. The Bertz CT molecular complexity index is 155. The Hall–Kier alpha value is -1.17. The molecule has 0 radical (unpaired) electrons. The molecule has 0 aliphatic rings. The van der Waals surface area contributed by atoms with E-state index in [1.807, 2.05) is 13.0 Å². The lowest BCUT2D eigenvalue weighted by atomic mass is 10.2. The van der Waals surface area contributed by atoms with Gasteiger partial charge in [0.25, 0.3) is 0 Å². The highest BCUT2D eigenvalue weighted by molar-refractivity contribution is 5.96. The van der Waals surface area contributed by atoms with Crippen LogP contribution in [-0.2, 0) is 9.59 Å². The molecule has 0 saturated heterocycles. The van der Waals surface area contributed by atoms with Crippen LogP contribution in [0, 0.1) is 11.3 Å². The summed E-state index contributed by atoms with van der Waals surface area (Å²) in [7, 11) is 0. The molecule has 0 N–H and O–H groups in total. The van der Waals surface area contributed by atoms with Gasteiger partial charge in [0.05, 0.1) is 12.5 Å². The minimum Gasteiger partial charge on any atom is -0.300 e. The average molecular weight is 155 g/mol. The average Bonchev–Trinajstić information content (AvgIpc) is 1.85. The van der Waals surface area contributed by atoms with Crippen LogP contribution < -0.4 is 0 Å². The maximum atomic E-state index is 10.0. The van der Waals surface area contributed by atoms with E-state index >= 15 is 0 Å². The molecule has 0 unspecified atom stereocenters. The summed E-state index contributed by atoms with van der Waals surface area (Å²) in [6.07, 6.45) is 0.708. The summed E-state index contributed by atoms with van der Waals surface area (Å²) in [6, 6.07) is 1.93. The molecular formula is C8H13NO2. The van der Waals surface area contributed by atoms with Crippen molar-refractivity contribution in [2.75, 3.05) is 0 Å². The Labute approximate surface area is 67.0 Å². The third kappa shape index (κ3) is 28.1. The van der Waals surface area contributed by atoms with E-state index in [0.29, 0.717) is 6.42 Å². The van der Waals surface area contributed by atoms with Crippen molar-refractivity contribution in [3.63, 3.8) is 0 Å². The molecule has 3 heteroatoms. The van der Waals surface area contributed by atoms with Gasteiger partial charge in [0.15, 0.2) is 0 Å². The molecule has 0 fully saturated rings. The van der Waals surface area contributed by atoms with Gasteiger partial charge in [-0.3, -0.25) is 9.59 Å². The van der Waals surface area contributed by atoms with Crippen LogP contribution in [0.1, 0.15) is 33.6 Å². The van der Waals surface area contributed by atoms with Gasteiger partial charge in [-0.2, -0.15) is 5.26 Å². The van der Waals surface area contributed by atoms with Gasteiger partial charge >= 0.3 is 0 Å². The third-order valence-corrected chi connectivity index (χ3v) is 0.656. The molecule has 0 bridgehead atoms. The normalized spacial score (nSPS) is 7.09. The van der Waals surface area contributed by atoms with Gasteiger partial charge in [0, 0.05) is 6.42 Å². The van der Waals surface area contributed by atoms with E-state index in [-0.39, 0.29) is 18.0 Å². The highest BCUT2D eigenvalue weighted by atomic mass is 16.1. The standard InChI is InChI=1S/C5H8O2.C3H5N/c1-4(6)3-5(2)7;1-2-3-4/h3H2,1-2H3;2H2,1H3. The topological polar surface area (TPSA) is 57.9 Å². The van der Waals surface area contributed by atoms with Crippen molar-refractivity contribution in [2.45, 2.75) is 33.6 Å². The molecule has 0 aliphatic carbocycles. The molecule has 0 aromatic heterocycles. The number of ketones is 2. The molecule has 0 aromatic carbocycles. The van der Waals surface area contributed by atoms with Crippen LogP contribution in [0.5, 0.6) is 0 Å². The van der Waals surface area contributed by atoms with Crippen molar-refractivity contribution in [3.8, 4) is 6.07 Å². The minimum absolute atomic E-state index is 0.0625. The van der Waals surface area contributed by atoms with Gasteiger partial charge in [0.2, 0.25) is 0 Å². The minimum atomic E-state index is -0.0625. The maximum Gasteiger partial charge on any atom is 0.137 e. The summed E-state index contributed by atoms with van der Waals surface area (Å²) in [5.74, 6) is -0.125. The molecule has 0 spiro atoms. The molecule has 0 amide bonds. The zero-order chi connectivity index (χ0) is 9.28. The molecule has 11 heavy (non-hydrogen) atoms.